The molecule has 0 saturated carbocycles. The van der Waals surface area contributed by atoms with Crippen molar-refractivity contribution in [2.75, 3.05) is 13.6 Å². The smallest absolute Gasteiger partial charge is 0.252 e. The first-order valence-electron chi connectivity index (χ1n) is 9.67. The third kappa shape index (κ3) is 4.66. The van der Waals surface area contributed by atoms with E-state index in [1.54, 1.807) is 20.2 Å². The topological polar surface area (TPSA) is 84.3 Å². The number of rotatable bonds is 8. The van der Waals surface area contributed by atoms with Crippen molar-refractivity contribution in [1.29, 1.82) is 0 Å². The number of halogens is 1. The van der Waals surface area contributed by atoms with Crippen molar-refractivity contribution in [3.05, 3.63) is 59.4 Å². The molecular weight excluding hydrogens is 424 g/mol. The summed E-state index contributed by atoms with van der Waals surface area (Å²) in [6.45, 7) is 4.68. The molecule has 9 heteroatoms. The van der Waals surface area contributed by atoms with Crippen molar-refractivity contribution >= 4 is 38.6 Å². The van der Waals surface area contributed by atoms with E-state index >= 15 is 0 Å². The highest BCUT2D eigenvalue weighted by atomic mass is 35.5. The average molecular weight is 449 g/mol. The monoisotopic (exact) mass is 448 g/mol. The number of benzene rings is 2. The first-order chi connectivity index (χ1) is 14.2. The van der Waals surface area contributed by atoms with E-state index < -0.39 is 15.9 Å². The summed E-state index contributed by atoms with van der Waals surface area (Å²) in [5, 5.41) is 3.02. The van der Waals surface area contributed by atoms with Crippen LogP contribution in [0.5, 0.6) is 0 Å². The van der Waals surface area contributed by atoms with Gasteiger partial charge in [0.05, 0.1) is 32.8 Å². The lowest BCUT2D eigenvalue weighted by Crippen LogP contribution is -2.33. The number of nitrogens with zero attached hydrogens (tertiary/aromatic N) is 3. The zero-order valence-electron chi connectivity index (χ0n) is 17.2. The van der Waals surface area contributed by atoms with Gasteiger partial charge in [0, 0.05) is 26.2 Å². The van der Waals surface area contributed by atoms with Crippen LogP contribution in [0.15, 0.2) is 53.7 Å². The first kappa shape index (κ1) is 22.3. The van der Waals surface area contributed by atoms with Gasteiger partial charge in [0.2, 0.25) is 10.0 Å². The second kappa shape index (κ2) is 9.16. The lowest BCUT2D eigenvalue weighted by molar-refractivity contribution is 0.0952. The molecule has 0 aliphatic carbocycles. The van der Waals surface area contributed by atoms with E-state index in [0.717, 1.165) is 11.0 Å². The molecular formula is C21H25ClN4O3S. The highest BCUT2D eigenvalue weighted by Gasteiger charge is 2.25. The third-order valence-corrected chi connectivity index (χ3v) is 7.33. The second-order valence-corrected chi connectivity index (χ2v) is 9.70. The Morgan fingerprint density at radius 1 is 1.23 bits per heavy atom. The largest absolute Gasteiger partial charge is 0.352 e. The molecule has 0 aliphatic rings. The van der Waals surface area contributed by atoms with Crippen LogP contribution in [0.2, 0.25) is 5.02 Å². The Balaban J connectivity index is 1.65. The highest BCUT2D eigenvalue weighted by molar-refractivity contribution is 7.89. The number of hydrogen-bond acceptors (Lipinski definition) is 4. The fourth-order valence-electron chi connectivity index (χ4n) is 3.02. The van der Waals surface area contributed by atoms with Crippen LogP contribution in [0, 0.1) is 0 Å². The summed E-state index contributed by atoms with van der Waals surface area (Å²) in [5.41, 5.74) is 2.11. The molecule has 0 spiro atoms. The van der Waals surface area contributed by atoms with Crippen molar-refractivity contribution in [2.24, 2.45) is 0 Å². The summed E-state index contributed by atoms with van der Waals surface area (Å²) in [6, 6.07) is 11.8. The van der Waals surface area contributed by atoms with Crippen molar-refractivity contribution in [3.8, 4) is 0 Å². The van der Waals surface area contributed by atoms with Crippen molar-refractivity contribution in [1.82, 2.24) is 19.2 Å². The average Bonchev–Trinajstić information content (AvgIpc) is 3.13. The van der Waals surface area contributed by atoms with Crippen molar-refractivity contribution in [2.45, 2.75) is 37.8 Å². The van der Waals surface area contributed by atoms with Crippen LogP contribution >= 0.6 is 11.6 Å². The molecule has 1 heterocycles. The van der Waals surface area contributed by atoms with Crippen LogP contribution < -0.4 is 5.32 Å². The molecule has 0 atom stereocenters. The number of fused-ring (bicyclic) bond motifs is 1. The number of carbonyl (C=O) groups excluding carboxylic acids is 1. The molecule has 3 rings (SSSR count). The molecule has 0 aliphatic heterocycles. The van der Waals surface area contributed by atoms with Gasteiger partial charge in [0.1, 0.15) is 0 Å². The number of sulfonamides is 1. The number of nitrogens with one attached hydrogen (secondary N) is 1. The Hall–Kier alpha value is -2.42. The molecule has 1 N–H and O–H groups in total. The fourth-order valence-corrected chi connectivity index (χ4v) is 4.62. The number of aryl methyl sites for hydroxylation is 1. The Bertz CT molecular complexity index is 1160. The Labute approximate surface area is 181 Å². The quantitative estimate of drug-likeness (QED) is 0.534. The summed E-state index contributed by atoms with van der Waals surface area (Å²) in [4.78, 5) is 17.0. The van der Waals surface area contributed by atoms with Gasteiger partial charge < -0.3 is 9.88 Å². The fraction of sp³-hybridized carbons (Fsp3) is 0.333. The third-order valence-electron chi connectivity index (χ3n) is 4.98. The molecule has 0 bridgehead atoms. The van der Waals surface area contributed by atoms with Gasteiger partial charge in [-0.05, 0) is 50.6 Å². The van der Waals surface area contributed by atoms with Gasteiger partial charge in [-0.15, -0.1) is 0 Å². The first-order valence-corrected chi connectivity index (χ1v) is 11.5. The van der Waals surface area contributed by atoms with Crippen LogP contribution in [0.4, 0.5) is 0 Å². The predicted molar refractivity (Wildman–Crippen MR) is 118 cm³/mol. The number of amides is 1. The predicted octanol–water partition coefficient (Wildman–Crippen LogP) is 3.54. The molecule has 160 valence electrons. The molecule has 0 radical (unpaired) electrons. The van der Waals surface area contributed by atoms with Crippen LogP contribution in [-0.2, 0) is 16.6 Å². The van der Waals surface area contributed by atoms with Crippen LogP contribution in [0.25, 0.3) is 11.0 Å². The summed E-state index contributed by atoms with van der Waals surface area (Å²) in [5.74, 6) is -0.403. The van der Waals surface area contributed by atoms with Crippen LogP contribution in [0.1, 0.15) is 30.6 Å². The summed E-state index contributed by atoms with van der Waals surface area (Å²) in [6.07, 6.45) is 2.47. The molecule has 0 fully saturated rings. The molecule has 1 amide bonds. The van der Waals surface area contributed by atoms with E-state index in [1.165, 1.54) is 29.6 Å². The second-order valence-electron chi connectivity index (χ2n) is 7.29. The summed E-state index contributed by atoms with van der Waals surface area (Å²) < 4.78 is 28.7. The van der Waals surface area contributed by atoms with Gasteiger partial charge in [0.25, 0.3) is 5.91 Å². The lowest BCUT2D eigenvalue weighted by atomic mass is 10.2. The minimum Gasteiger partial charge on any atom is -0.352 e. The van der Waals surface area contributed by atoms with Gasteiger partial charge in [-0.1, -0.05) is 23.7 Å². The van der Waals surface area contributed by atoms with Gasteiger partial charge >= 0.3 is 0 Å². The minimum absolute atomic E-state index is 0.0399. The summed E-state index contributed by atoms with van der Waals surface area (Å²) >= 11 is 6.16. The molecule has 3 aromatic rings. The van der Waals surface area contributed by atoms with E-state index in [9.17, 15) is 13.2 Å². The Morgan fingerprint density at radius 2 is 1.97 bits per heavy atom. The van der Waals surface area contributed by atoms with E-state index in [1.807, 2.05) is 28.8 Å². The lowest BCUT2D eigenvalue weighted by Gasteiger charge is -2.21. The number of hydrogen-bond donors (Lipinski definition) is 1. The normalized spacial score (nSPS) is 12.1. The van der Waals surface area contributed by atoms with Crippen LogP contribution in [-0.4, -0.2) is 47.8 Å². The number of para-hydroxylation sites is 2. The molecule has 0 saturated heterocycles. The van der Waals surface area contributed by atoms with Crippen molar-refractivity contribution in [3.63, 3.8) is 0 Å². The molecule has 30 heavy (non-hydrogen) atoms. The standard InChI is InChI=1S/C21H25ClN4O3S/c1-15(2)25(3)30(28,29)16-9-10-18(22)17(13-16)21(27)23-11-6-12-26-14-24-19-7-4-5-8-20(19)26/h4-5,7-10,13-15H,6,11-12H2,1-3H3,(H,23,27). The molecule has 7 nitrogen and oxygen atoms in total. The minimum atomic E-state index is -3.70. The highest BCUT2D eigenvalue weighted by Crippen LogP contribution is 2.23. The van der Waals surface area contributed by atoms with Gasteiger partial charge in [0.15, 0.2) is 0 Å². The van der Waals surface area contributed by atoms with Gasteiger partial charge in [-0.3, -0.25) is 4.79 Å². The van der Waals surface area contributed by atoms with Gasteiger partial charge in [-0.2, -0.15) is 4.31 Å². The SMILES string of the molecule is CC(C)N(C)S(=O)(=O)c1ccc(Cl)c(C(=O)NCCCn2cnc3ccccc32)c1. The van der Waals surface area contributed by atoms with E-state index in [4.69, 9.17) is 11.6 Å². The molecule has 1 aromatic heterocycles. The molecule has 0 unspecified atom stereocenters. The molecule has 2 aromatic carbocycles. The van der Waals surface area contributed by atoms with Gasteiger partial charge in [-0.25, -0.2) is 13.4 Å². The zero-order chi connectivity index (χ0) is 21.9. The van der Waals surface area contributed by atoms with E-state index in [0.29, 0.717) is 19.5 Å². The number of carbonyl (C=O) groups is 1. The summed E-state index contributed by atoms with van der Waals surface area (Å²) in [7, 11) is -2.19. The maximum atomic E-state index is 12.7. The Morgan fingerprint density at radius 3 is 2.70 bits per heavy atom. The van der Waals surface area contributed by atoms with Crippen LogP contribution in [0.3, 0.4) is 0 Å². The number of aromatic nitrogens is 2. The zero-order valence-corrected chi connectivity index (χ0v) is 18.7. The maximum absolute atomic E-state index is 12.7. The van der Waals surface area contributed by atoms with E-state index in [2.05, 4.69) is 10.3 Å². The Kier molecular flexibility index (Phi) is 6.80. The van der Waals surface area contributed by atoms with E-state index in [-0.39, 0.29) is 21.5 Å². The van der Waals surface area contributed by atoms with Crippen molar-refractivity contribution < 1.29 is 13.2 Å². The maximum Gasteiger partial charge on any atom is 0.252 e. The number of imidazole rings is 1.